The Morgan fingerprint density at radius 1 is 1.40 bits per heavy atom. The fourth-order valence-electron chi connectivity index (χ4n) is 1.52. The van der Waals surface area contributed by atoms with Crippen LogP contribution in [0.1, 0.15) is 32.6 Å². The first-order chi connectivity index (χ1) is 9.67. The van der Waals surface area contributed by atoms with E-state index < -0.39 is 0 Å². The van der Waals surface area contributed by atoms with Crippen LogP contribution in [-0.4, -0.2) is 40.1 Å². The third-order valence-corrected chi connectivity index (χ3v) is 2.65. The first-order valence-electron chi connectivity index (χ1n) is 6.85. The lowest BCUT2D eigenvalue weighted by atomic mass is 10.4. The van der Waals surface area contributed by atoms with Crippen molar-refractivity contribution < 1.29 is 9.53 Å². The second kappa shape index (κ2) is 6.88. The fraction of sp³-hybridized carbons (Fsp3) is 0.667. The Hall–Kier alpha value is -2.12. The van der Waals surface area contributed by atoms with Crippen LogP contribution in [0.25, 0.3) is 0 Å². The zero-order chi connectivity index (χ0) is 14.4. The Balaban J connectivity index is 1.78. The summed E-state index contributed by atoms with van der Waals surface area (Å²) in [5, 5.41) is 5.85. The van der Waals surface area contributed by atoms with E-state index >= 15 is 0 Å². The molecule has 0 aromatic carbocycles. The van der Waals surface area contributed by atoms with Crippen molar-refractivity contribution in [2.45, 2.75) is 38.6 Å². The zero-order valence-corrected chi connectivity index (χ0v) is 11.6. The van der Waals surface area contributed by atoms with E-state index in [4.69, 9.17) is 10.5 Å². The van der Waals surface area contributed by atoms with Crippen molar-refractivity contribution in [2.24, 2.45) is 0 Å². The van der Waals surface area contributed by atoms with Gasteiger partial charge in [-0.2, -0.15) is 15.0 Å². The van der Waals surface area contributed by atoms with E-state index in [0.717, 1.165) is 19.3 Å². The molecule has 1 saturated carbocycles. The van der Waals surface area contributed by atoms with Gasteiger partial charge in [-0.15, -0.1) is 0 Å². The molecule has 1 aromatic heterocycles. The maximum Gasteiger partial charge on any atom is 0.323 e. The molecule has 110 valence electrons. The van der Waals surface area contributed by atoms with Crippen molar-refractivity contribution in [2.75, 3.05) is 24.2 Å². The van der Waals surface area contributed by atoms with Crippen molar-refractivity contribution in [1.82, 2.24) is 20.3 Å². The van der Waals surface area contributed by atoms with Gasteiger partial charge in [0.2, 0.25) is 17.8 Å². The Bertz CT molecular complexity index is 463. The lowest BCUT2D eigenvalue weighted by Gasteiger charge is -2.08. The van der Waals surface area contributed by atoms with Gasteiger partial charge in [-0.3, -0.25) is 4.79 Å². The molecule has 1 aromatic rings. The third-order valence-electron chi connectivity index (χ3n) is 2.65. The molecular formula is C12H20N6O2. The Kier molecular flexibility index (Phi) is 4.91. The molecule has 0 radical (unpaired) electrons. The average molecular weight is 280 g/mol. The van der Waals surface area contributed by atoms with Gasteiger partial charge in [-0.25, -0.2) is 0 Å². The molecule has 0 atom stereocenters. The summed E-state index contributed by atoms with van der Waals surface area (Å²) >= 11 is 0. The van der Waals surface area contributed by atoms with E-state index in [0.29, 0.717) is 31.6 Å². The van der Waals surface area contributed by atoms with Gasteiger partial charge in [0.05, 0.1) is 6.61 Å². The number of anilines is 2. The summed E-state index contributed by atoms with van der Waals surface area (Å²) in [6, 6.07) is 0.577. The molecule has 8 nitrogen and oxygen atoms in total. The second-order valence-electron chi connectivity index (χ2n) is 4.67. The van der Waals surface area contributed by atoms with Crippen LogP contribution in [0.4, 0.5) is 11.9 Å². The summed E-state index contributed by atoms with van der Waals surface area (Å²) in [7, 11) is 0. The van der Waals surface area contributed by atoms with E-state index in [9.17, 15) is 4.79 Å². The molecule has 1 aliphatic carbocycles. The molecule has 0 saturated heterocycles. The number of hydrogen-bond donors (Lipinski definition) is 3. The highest BCUT2D eigenvalue weighted by Crippen LogP contribution is 2.18. The largest absolute Gasteiger partial charge is 0.463 e. The molecule has 0 aliphatic heterocycles. The van der Waals surface area contributed by atoms with Crippen molar-refractivity contribution >= 4 is 17.8 Å². The molecule has 1 aliphatic rings. The van der Waals surface area contributed by atoms with Crippen molar-refractivity contribution in [1.29, 1.82) is 0 Å². The first-order valence-corrected chi connectivity index (χ1v) is 6.85. The molecule has 8 heteroatoms. The van der Waals surface area contributed by atoms with Gasteiger partial charge < -0.3 is 21.1 Å². The van der Waals surface area contributed by atoms with E-state index in [1.54, 1.807) is 0 Å². The lowest BCUT2D eigenvalue weighted by molar-refractivity contribution is -0.120. The van der Waals surface area contributed by atoms with Crippen LogP contribution in [0.2, 0.25) is 0 Å². The predicted molar refractivity (Wildman–Crippen MR) is 74.3 cm³/mol. The number of carbonyl (C=O) groups excluding carboxylic acids is 1. The van der Waals surface area contributed by atoms with Crippen LogP contribution in [0.5, 0.6) is 6.01 Å². The van der Waals surface area contributed by atoms with Gasteiger partial charge in [0.15, 0.2) is 0 Å². The molecule has 4 N–H and O–H groups in total. The van der Waals surface area contributed by atoms with E-state index in [1.807, 2.05) is 6.92 Å². The molecule has 0 unspecified atom stereocenters. The maximum absolute atomic E-state index is 11.5. The van der Waals surface area contributed by atoms with E-state index in [-0.39, 0.29) is 17.9 Å². The number of amides is 1. The summed E-state index contributed by atoms with van der Waals surface area (Å²) in [6.07, 6.45) is 3.39. The fourth-order valence-corrected chi connectivity index (χ4v) is 1.52. The average Bonchev–Trinajstić information content (AvgIpc) is 3.19. The van der Waals surface area contributed by atoms with E-state index in [1.165, 1.54) is 0 Å². The van der Waals surface area contributed by atoms with Crippen LogP contribution < -0.4 is 21.1 Å². The van der Waals surface area contributed by atoms with Gasteiger partial charge in [-0.1, -0.05) is 6.92 Å². The van der Waals surface area contributed by atoms with Crippen molar-refractivity contribution in [3.05, 3.63) is 0 Å². The minimum atomic E-state index is 0.0319. The number of nitrogens with two attached hydrogens (primary N) is 1. The summed E-state index contributed by atoms with van der Waals surface area (Å²) < 4.78 is 5.30. The first kappa shape index (κ1) is 14.3. The van der Waals surface area contributed by atoms with Gasteiger partial charge in [-0.05, 0) is 19.3 Å². The van der Waals surface area contributed by atoms with Crippen LogP contribution in [0.3, 0.4) is 0 Å². The summed E-state index contributed by atoms with van der Waals surface area (Å²) in [6.45, 7) is 2.95. The zero-order valence-electron chi connectivity index (χ0n) is 11.6. The molecule has 0 spiro atoms. The van der Waals surface area contributed by atoms with Gasteiger partial charge in [0.1, 0.15) is 0 Å². The van der Waals surface area contributed by atoms with E-state index in [2.05, 4.69) is 25.6 Å². The standard InChI is InChI=1S/C12H20N6O2/c1-2-7-20-12-17-10(13)16-11(18-12)14-6-5-9(19)15-8-3-4-8/h8H,2-7H2,1H3,(H,15,19)(H3,13,14,16,17,18). The number of nitrogens with zero attached hydrogens (tertiary/aromatic N) is 3. The number of carbonyl (C=O) groups is 1. The molecule has 2 rings (SSSR count). The third kappa shape index (κ3) is 4.87. The number of nitrogen functional groups attached to an aromatic ring is 1. The Morgan fingerprint density at radius 2 is 2.20 bits per heavy atom. The molecule has 1 amide bonds. The topological polar surface area (TPSA) is 115 Å². The number of aromatic nitrogens is 3. The molecular weight excluding hydrogens is 260 g/mol. The van der Waals surface area contributed by atoms with Crippen LogP contribution in [0, 0.1) is 0 Å². The monoisotopic (exact) mass is 280 g/mol. The minimum absolute atomic E-state index is 0.0319. The quantitative estimate of drug-likeness (QED) is 0.628. The van der Waals surface area contributed by atoms with Gasteiger partial charge in [0, 0.05) is 19.0 Å². The highest BCUT2D eigenvalue weighted by Gasteiger charge is 2.22. The number of nitrogens with one attached hydrogen (secondary N) is 2. The number of hydrogen-bond acceptors (Lipinski definition) is 7. The smallest absolute Gasteiger partial charge is 0.323 e. The highest BCUT2D eigenvalue weighted by atomic mass is 16.5. The molecule has 0 bridgehead atoms. The van der Waals surface area contributed by atoms with Crippen LogP contribution in [-0.2, 0) is 4.79 Å². The van der Waals surface area contributed by atoms with Crippen molar-refractivity contribution in [3.8, 4) is 6.01 Å². The van der Waals surface area contributed by atoms with Gasteiger partial charge >= 0.3 is 6.01 Å². The number of ether oxygens (including phenoxy) is 1. The predicted octanol–water partition coefficient (Wildman–Crippen LogP) is 0.323. The summed E-state index contributed by atoms with van der Waals surface area (Å²) in [5.74, 6) is 0.448. The summed E-state index contributed by atoms with van der Waals surface area (Å²) in [5.41, 5.74) is 5.58. The Labute approximate surface area is 117 Å². The minimum Gasteiger partial charge on any atom is -0.463 e. The molecule has 1 fully saturated rings. The number of rotatable bonds is 8. The highest BCUT2D eigenvalue weighted by molar-refractivity contribution is 5.77. The summed E-state index contributed by atoms with van der Waals surface area (Å²) in [4.78, 5) is 23.4. The second-order valence-corrected chi connectivity index (χ2v) is 4.67. The van der Waals surface area contributed by atoms with Gasteiger partial charge in [0.25, 0.3) is 0 Å². The lowest BCUT2D eigenvalue weighted by Crippen LogP contribution is -2.27. The van der Waals surface area contributed by atoms with Crippen molar-refractivity contribution in [3.63, 3.8) is 0 Å². The normalized spacial score (nSPS) is 13.8. The molecule has 20 heavy (non-hydrogen) atoms. The Morgan fingerprint density at radius 3 is 2.90 bits per heavy atom. The SMILES string of the molecule is CCCOc1nc(N)nc(NCCC(=O)NC2CC2)n1. The maximum atomic E-state index is 11.5. The van der Waals surface area contributed by atoms with Crippen LogP contribution >= 0.6 is 0 Å². The molecule has 1 heterocycles. The van der Waals surface area contributed by atoms with Crippen LogP contribution in [0.15, 0.2) is 0 Å².